The maximum absolute atomic E-state index is 13.9. The molecule has 140 valence electrons. The first-order valence-electron chi connectivity index (χ1n) is 8.15. The molecule has 0 aromatic heterocycles. The minimum atomic E-state index is -4.26. The van der Waals surface area contributed by atoms with Gasteiger partial charge in [0.25, 0.3) is 0 Å². The summed E-state index contributed by atoms with van der Waals surface area (Å²) in [5, 5.41) is 0. The summed E-state index contributed by atoms with van der Waals surface area (Å²) in [7, 11) is -4.26. The highest BCUT2D eigenvalue weighted by Crippen LogP contribution is 2.35. The van der Waals surface area contributed by atoms with Crippen molar-refractivity contribution in [2.45, 2.75) is 24.8 Å². The van der Waals surface area contributed by atoms with Crippen molar-refractivity contribution >= 4 is 10.0 Å². The number of ether oxygens (including phenoxy) is 2. The van der Waals surface area contributed by atoms with Gasteiger partial charge >= 0.3 is 0 Å². The molecule has 0 unspecified atom stereocenters. The fourth-order valence-electron chi connectivity index (χ4n) is 2.76. The SMILES string of the molecule is CC(C)[C@@H](NS(=O)(=O)c1cc(F)ccc1F)c1ccc2c(c1)OCCO2. The summed E-state index contributed by atoms with van der Waals surface area (Å²) in [6.07, 6.45) is 0. The van der Waals surface area contributed by atoms with Crippen LogP contribution >= 0.6 is 0 Å². The lowest BCUT2D eigenvalue weighted by Gasteiger charge is -2.25. The average molecular weight is 383 g/mol. The second-order valence-electron chi connectivity index (χ2n) is 6.32. The number of nitrogens with one attached hydrogen (secondary N) is 1. The van der Waals surface area contributed by atoms with E-state index >= 15 is 0 Å². The Bertz CT molecular complexity index is 915. The normalized spacial score (nSPS) is 15.1. The second kappa shape index (κ2) is 7.20. The molecule has 0 bridgehead atoms. The van der Waals surface area contributed by atoms with Crippen LogP contribution in [0.5, 0.6) is 11.5 Å². The molecular weight excluding hydrogens is 364 g/mol. The van der Waals surface area contributed by atoms with Gasteiger partial charge in [0.05, 0.1) is 0 Å². The molecule has 1 aliphatic rings. The molecule has 0 fully saturated rings. The van der Waals surface area contributed by atoms with Crippen LogP contribution in [0.1, 0.15) is 25.5 Å². The summed E-state index contributed by atoms with van der Waals surface area (Å²) in [6.45, 7) is 4.51. The van der Waals surface area contributed by atoms with E-state index in [0.717, 1.165) is 12.1 Å². The van der Waals surface area contributed by atoms with E-state index in [2.05, 4.69) is 4.72 Å². The largest absolute Gasteiger partial charge is 0.486 e. The van der Waals surface area contributed by atoms with E-state index in [1.54, 1.807) is 18.2 Å². The van der Waals surface area contributed by atoms with Crippen molar-refractivity contribution in [3.05, 3.63) is 53.6 Å². The third kappa shape index (κ3) is 3.81. The summed E-state index contributed by atoms with van der Waals surface area (Å²) in [4.78, 5) is -0.722. The molecular formula is C18H19F2NO4S. The monoisotopic (exact) mass is 383 g/mol. The Kier molecular flexibility index (Phi) is 5.15. The molecule has 0 aliphatic carbocycles. The maximum atomic E-state index is 13.9. The average Bonchev–Trinajstić information content (AvgIpc) is 2.61. The van der Waals surface area contributed by atoms with E-state index in [0.29, 0.717) is 36.3 Å². The molecule has 2 aromatic carbocycles. The zero-order chi connectivity index (χ0) is 18.9. The minimum Gasteiger partial charge on any atom is -0.486 e. The van der Waals surface area contributed by atoms with Crippen LogP contribution in [0.4, 0.5) is 8.78 Å². The summed E-state index contributed by atoms with van der Waals surface area (Å²) in [5.74, 6) is -0.878. The first-order chi connectivity index (χ1) is 12.3. The quantitative estimate of drug-likeness (QED) is 0.859. The van der Waals surface area contributed by atoms with Gasteiger partial charge in [-0.05, 0) is 41.8 Å². The van der Waals surface area contributed by atoms with Gasteiger partial charge in [0.2, 0.25) is 10.0 Å². The highest BCUT2D eigenvalue weighted by atomic mass is 32.2. The van der Waals surface area contributed by atoms with Crippen LogP contribution < -0.4 is 14.2 Å². The number of sulfonamides is 1. The van der Waals surface area contributed by atoms with Crippen LogP contribution in [-0.2, 0) is 10.0 Å². The molecule has 0 spiro atoms. The summed E-state index contributed by atoms with van der Waals surface area (Å²) >= 11 is 0. The molecule has 1 heterocycles. The van der Waals surface area contributed by atoms with Crippen LogP contribution in [-0.4, -0.2) is 21.6 Å². The standard InChI is InChI=1S/C18H19F2NO4S/c1-11(2)18(12-3-6-15-16(9-12)25-8-7-24-15)21-26(22,23)17-10-13(19)4-5-14(17)20/h3-6,9-11,18,21H,7-8H2,1-2H3/t18-/m1/s1. The number of hydrogen-bond acceptors (Lipinski definition) is 4. The Hall–Kier alpha value is -2.19. The van der Waals surface area contributed by atoms with Gasteiger partial charge < -0.3 is 9.47 Å². The van der Waals surface area contributed by atoms with E-state index in [4.69, 9.17) is 9.47 Å². The fraction of sp³-hybridized carbons (Fsp3) is 0.333. The Balaban J connectivity index is 1.95. The number of hydrogen-bond donors (Lipinski definition) is 1. The van der Waals surface area contributed by atoms with Crippen molar-refractivity contribution < 1.29 is 26.7 Å². The van der Waals surface area contributed by atoms with Gasteiger partial charge in [-0.15, -0.1) is 0 Å². The fourth-order valence-corrected chi connectivity index (χ4v) is 4.22. The van der Waals surface area contributed by atoms with Gasteiger partial charge in [-0.1, -0.05) is 19.9 Å². The van der Waals surface area contributed by atoms with Gasteiger partial charge in [0.1, 0.15) is 29.7 Å². The highest BCUT2D eigenvalue weighted by Gasteiger charge is 2.27. The number of halogens is 2. The van der Waals surface area contributed by atoms with Crippen molar-refractivity contribution in [2.75, 3.05) is 13.2 Å². The molecule has 1 atom stereocenters. The Morgan fingerprint density at radius 2 is 1.69 bits per heavy atom. The molecule has 0 radical (unpaired) electrons. The van der Waals surface area contributed by atoms with Gasteiger partial charge in [0, 0.05) is 6.04 Å². The van der Waals surface area contributed by atoms with Crippen molar-refractivity contribution in [1.29, 1.82) is 0 Å². The molecule has 1 N–H and O–H groups in total. The number of fused-ring (bicyclic) bond motifs is 1. The van der Waals surface area contributed by atoms with Gasteiger partial charge in [-0.25, -0.2) is 21.9 Å². The topological polar surface area (TPSA) is 64.6 Å². The van der Waals surface area contributed by atoms with E-state index in [1.807, 2.05) is 13.8 Å². The third-order valence-corrected chi connectivity index (χ3v) is 5.51. The first kappa shape index (κ1) is 18.6. The van der Waals surface area contributed by atoms with Crippen LogP contribution in [0.3, 0.4) is 0 Å². The number of rotatable bonds is 5. The molecule has 8 heteroatoms. The lowest BCUT2D eigenvalue weighted by Crippen LogP contribution is -2.32. The van der Waals surface area contributed by atoms with Gasteiger partial charge in [-0.3, -0.25) is 0 Å². The molecule has 0 saturated carbocycles. The van der Waals surface area contributed by atoms with Crippen LogP contribution in [0.15, 0.2) is 41.3 Å². The molecule has 3 rings (SSSR count). The minimum absolute atomic E-state index is 0.149. The molecule has 0 saturated heterocycles. The Morgan fingerprint density at radius 3 is 2.38 bits per heavy atom. The molecule has 1 aliphatic heterocycles. The maximum Gasteiger partial charge on any atom is 0.244 e. The van der Waals surface area contributed by atoms with Crippen molar-refractivity contribution in [1.82, 2.24) is 4.72 Å². The van der Waals surface area contributed by atoms with E-state index < -0.39 is 32.6 Å². The van der Waals surface area contributed by atoms with Crippen molar-refractivity contribution in [2.24, 2.45) is 5.92 Å². The predicted octanol–water partition coefficient (Wildman–Crippen LogP) is 3.41. The third-order valence-electron chi connectivity index (χ3n) is 4.06. The first-order valence-corrected chi connectivity index (χ1v) is 9.63. The molecule has 0 amide bonds. The Labute approximate surface area is 151 Å². The van der Waals surface area contributed by atoms with Crippen LogP contribution in [0, 0.1) is 17.6 Å². The smallest absolute Gasteiger partial charge is 0.244 e. The van der Waals surface area contributed by atoms with Crippen molar-refractivity contribution in [3.63, 3.8) is 0 Å². The summed E-state index contributed by atoms with van der Waals surface area (Å²) in [6, 6.07) is 6.80. The molecule has 2 aromatic rings. The molecule has 5 nitrogen and oxygen atoms in total. The lowest BCUT2D eigenvalue weighted by atomic mass is 9.97. The number of benzene rings is 2. The van der Waals surface area contributed by atoms with Gasteiger partial charge in [0.15, 0.2) is 11.5 Å². The summed E-state index contributed by atoms with van der Waals surface area (Å²) < 4.78 is 66.0. The van der Waals surface area contributed by atoms with Gasteiger partial charge in [-0.2, -0.15) is 0 Å². The van der Waals surface area contributed by atoms with E-state index in [1.165, 1.54) is 0 Å². The summed E-state index contributed by atoms with van der Waals surface area (Å²) in [5.41, 5.74) is 0.643. The molecule has 26 heavy (non-hydrogen) atoms. The zero-order valence-corrected chi connectivity index (χ0v) is 15.1. The van der Waals surface area contributed by atoms with Crippen LogP contribution in [0.2, 0.25) is 0 Å². The van der Waals surface area contributed by atoms with Crippen LogP contribution in [0.25, 0.3) is 0 Å². The second-order valence-corrected chi connectivity index (χ2v) is 8.00. The van der Waals surface area contributed by atoms with Crippen molar-refractivity contribution in [3.8, 4) is 11.5 Å². The van der Waals surface area contributed by atoms with E-state index in [9.17, 15) is 17.2 Å². The Morgan fingerprint density at radius 1 is 1.00 bits per heavy atom. The predicted molar refractivity (Wildman–Crippen MR) is 91.7 cm³/mol. The zero-order valence-electron chi connectivity index (χ0n) is 14.3. The highest BCUT2D eigenvalue weighted by molar-refractivity contribution is 7.89. The lowest BCUT2D eigenvalue weighted by molar-refractivity contribution is 0.171. The van der Waals surface area contributed by atoms with E-state index in [-0.39, 0.29) is 5.92 Å².